The highest BCUT2D eigenvalue weighted by atomic mass is 79.9. The summed E-state index contributed by atoms with van der Waals surface area (Å²) in [6.07, 6.45) is 0.281. The first-order valence-electron chi connectivity index (χ1n) is 6.95. The zero-order chi connectivity index (χ0) is 15.4. The van der Waals surface area contributed by atoms with Gasteiger partial charge in [0.2, 0.25) is 0 Å². The van der Waals surface area contributed by atoms with E-state index in [2.05, 4.69) is 21.2 Å². The van der Waals surface area contributed by atoms with Crippen LogP contribution in [0.5, 0.6) is 0 Å². The molecule has 4 heteroatoms. The summed E-state index contributed by atoms with van der Waals surface area (Å²) in [5, 5.41) is 3.32. The fourth-order valence-corrected chi connectivity index (χ4v) is 2.84. The van der Waals surface area contributed by atoms with Gasteiger partial charge in [-0.15, -0.1) is 0 Å². The van der Waals surface area contributed by atoms with Crippen LogP contribution in [-0.2, 0) is 6.42 Å². The fraction of sp³-hybridized carbons (Fsp3) is 0.294. The lowest BCUT2D eigenvalue weighted by atomic mass is 9.95. The first kappa shape index (κ1) is 16.1. The zero-order valence-corrected chi connectivity index (χ0v) is 13.7. The largest absolute Gasteiger partial charge is 0.310 e. The second-order valence-corrected chi connectivity index (χ2v) is 5.93. The molecule has 0 aliphatic rings. The SMILES string of the molecule is CCNC(Cc1c(F)cccc1F)c1cc(Br)ccc1C. The second-order valence-electron chi connectivity index (χ2n) is 5.02. The lowest BCUT2D eigenvalue weighted by molar-refractivity contribution is 0.498. The van der Waals surface area contributed by atoms with Crippen molar-refractivity contribution in [3.63, 3.8) is 0 Å². The van der Waals surface area contributed by atoms with Crippen LogP contribution in [0.4, 0.5) is 8.78 Å². The Morgan fingerprint density at radius 2 is 1.81 bits per heavy atom. The van der Waals surface area contributed by atoms with Gasteiger partial charge in [-0.05, 0) is 55.3 Å². The normalized spacial score (nSPS) is 12.4. The monoisotopic (exact) mass is 353 g/mol. The van der Waals surface area contributed by atoms with E-state index in [1.165, 1.54) is 18.2 Å². The number of likely N-dealkylation sites (N-methyl/N-ethyl adjacent to an activating group) is 1. The van der Waals surface area contributed by atoms with E-state index in [0.29, 0.717) is 0 Å². The molecule has 2 aromatic rings. The number of benzene rings is 2. The molecule has 1 nitrogen and oxygen atoms in total. The van der Waals surface area contributed by atoms with E-state index in [4.69, 9.17) is 0 Å². The molecule has 21 heavy (non-hydrogen) atoms. The van der Waals surface area contributed by atoms with Crippen LogP contribution in [0, 0.1) is 18.6 Å². The zero-order valence-electron chi connectivity index (χ0n) is 12.1. The first-order valence-corrected chi connectivity index (χ1v) is 7.74. The molecule has 1 N–H and O–H groups in total. The van der Waals surface area contributed by atoms with Crippen molar-refractivity contribution in [2.45, 2.75) is 26.3 Å². The van der Waals surface area contributed by atoms with Crippen molar-refractivity contribution in [2.75, 3.05) is 6.54 Å². The molecule has 2 rings (SSSR count). The first-order chi connectivity index (χ1) is 10.0. The highest BCUT2D eigenvalue weighted by Gasteiger charge is 2.18. The van der Waals surface area contributed by atoms with Gasteiger partial charge in [-0.2, -0.15) is 0 Å². The molecule has 0 heterocycles. The van der Waals surface area contributed by atoms with Gasteiger partial charge in [-0.1, -0.05) is 35.0 Å². The molecule has 0 saturated carbocycles. The lowest BCUT2D eigenvalue weighted by Gasteiger charge is -2.21. The van der Waals surface area contributed by atoms with Crippen LogP contribution in [-0.4, -0.2) is 6.54 Å². The number of hydrogen-bond acceptors (Lipinski definition) is 1. The minimum absolute atomic E-state index is 0.126. The third-order valence-corrected chi connectivity index (χ3v) is 4.03. The number of rotatable bonds is 5. The molecule has 0 saturated heterocycles. The summed E-state index contributed by atoms with van der Waals surface area (Å²) in [7, 11) is 0. The Morgan fingerprint density at radius 1 is 1.14 bits per heavy atom. The van der Waals surface area contributed by atoms with E-state index >= 15 is 0 Å². The summed E-state index contributed by atoms with van der Waals surface area (Å²) in [6, 6.07) is 9.83. The van der Waals surface area contributed by atoms with Crippen molar-refractivity contribution in [1.82, 2.24) is 5.32 Å². The van der Waals surface area contributed by atoms with Crippen LogP contribution in [0.2, 0.25) is 0 Å². The van der Waals surface area contributed by atoms with Crippen molar-refractivity contribution >= 4 is 15.9 Å². The van der Waals surface area contributed by atoms with E-state index < -0.39 is 11.6 Å². The molecular weight excluding hydrogens is 336 g/mol. The van der Waals surface area contributed by atoms with Gasteiger partial charge >= 0.3 is 0 Å². The fourth-order valence-electron chi connectivity index (χ4n) is 2.46. The van der Waals surface area contributed by atoms with Gasteiger partial charge in [-0.25, -0.2) is 8.78 Å². The molecular formula is C17H18BrF2N. The Morgan fingerprint density at radius 3 is 2.43 bits per heavy atom. The Labute approximate surface area is 132 Å². The third kappa shape index (κ3) is 3.89. The lowest BCUT2D eigenvalue weighted by Crippen LogP contribution is -2.24. The van der Waals surface area contributed by atoms with Gasteiger partial charge in [-0.3, -0.25) is 0 Å². The average molecular weight is 354 g/mol. The Kier molecular flexibility index (Phi) is 5.48. The molecule has 0 aliphatic heterocycles. The summed E-state index contributed by atoms with van der Waals surface area (Å²) in [5.74, 6) is -0.990. The summed E-state index contributed by atoms with van der Waals surface area (Å²) in [4.78, 5) is 0. The van der Waals surface area contributed by atoms with Crippen LogP contribution >= 0.6 is 15.9 Å². The molecule has 0 aromatic heterocycles. The molecule has 0 spiro atoms. The Balaban J connectivity index is 2.38. The van der Waals surface area contributed by atoms with Gasteiger partial charge in [0.1, 0.15) is 11.6 Å². The van der Waals surface area contributed by atoms with E-state index in [0.717, 1.165) is 22.1 Å². The number of aryl methyl sites for hydroxylation is 1. The molecule has 112 valence electrons. The summed E-state index contributed by atoms with van der Waals surface area (Å²) < 4.78 is 28.7. The van der Waals surface area contributed by atoms with Gasteiger partial charge in [0.05, 0.1) is 0 Å². The van der Waals surface area contributed by atoms with E-state index in [9.17, 15) is 8.78 Å². The maximum Gasteiger partial charge on any atom is 0.129 e. The maximum absolute atomic E-state index is 13.9. The van der Waals surface area contributed by atoms with Gasteiger partial charge < -0.3 is 5.32 Å². The van der Waals surface area contributed by atoms with Crippen molar-refractivity contribution in [3.8, 4) is 0 Å². The van der Waals surface area contributed by atoms with Crippen LogP contribution in [0.25, 0.3) is 0 Å². The Hall–Kier alpha value is -1.26. The molecule has 0 bridgehead atoms. The minimum Gasteiger partial charge on any atom is -0.310 e. The van der Waals surface area contributed by atoms with Crippen LogP contribution in [0.15, 0.2) is 40.9 Å². The Bertz CT molecular complexity index is 608. The van der Waals surface area contributed by atoms with E-state index in [1.807, 2.05) is 32.0 Å². The highest BCUT2D eigenvalue weighted by Crippen LogP contribution is 2.27. The van der Waals surface area contributed by atoms with Crippen molar-refractivity contribution in [3.05, 3.63) is 69.2 Å². The van der Waals surface area contributed by atoms with Gasteiger partial charge in [0.25, 0.3) is 0 Å². The molecule has 0 aliphatic carbocycles. The number of hydrogen-bond donors (Lipinski definition) is 1. The maximum atomic E-state index is 13.9. The van der Waals surface area contributed by atoms with Gasteiger partial charge in [0, 0.05) is 16.1 Å². The molecule has 0 fully saturated rings. The predicted octanol–water partition coefficient (Wildman–Crippen LogP) is 4.93. The third-order valence-electron chi connectivity index (χ3n) is 3.54. The van der Waals surface area contributed by atoms with E-state index in [-0.39, 0.29) is 18.0 Å². The average Bonchev–Trinajstić information content (AvgIpc) is 2.44. The quantitative estimate of drug-likeness (QED) is 0.803. The summed E-state index contributed by atoms with van der Waals surface area (Å²) >= 11 is 3.45. The minimum atomic E-state index is -0.495. The van der Waals surface area contributed by atoms with Crippen LogP contribution in [0.1, 0.15) is 29.7 Å². The second kappa shape index (κ2) is 7.14. The molecule has 0 amide bonds. The van der Waals surface area contributed by atoms with Crippen molar-refractivity contribution in [2.24, 2.45) is 0 Å². The summed E-state index contributed by atoms with van der Waals surface area (Å²) in [5.41, 5.74) is 2.28. The van der Waals surface area contributed by atoms with Crippen LogP contribution < -0.4 is 5.32 Å². The predicted molar refractivity (Wildman–Crippen MR) is 85.4 cm³/mol. The number of halogens is 3. The molecule has 1 unspecified atom stereocenters. The number of nitrogens with one attached hydrogen (secondary N) is 1. The van der Waals surface area contributed by atoms with E-state index in [1.54, 1.807) is 0 Å². The van der Waals surface area contributed by atoms with Crippen molar-refractivity contribution < 1.29 is 8.78 Å². The molecule has 0 radical (unpaired) electrons. The topological polar surface area (TPSA) is 12.0 Å². The smallest absolute Gasteiger partial charge is 0.129 e. The van der Waals surface area contributed by atoms with Crippen molar-refractivity contribution in [1.29, 1.82) is 0 Å². The van der Waals surface area contributed by atoms with Gasteiger partial charge in [0.15, 0.2) is 0 Å². The summed E-state index contributed by atoms with van der Waals surface area (Å²) in [6.45, 7) is 4.72. The molecule has 2 aromatic carbocycles. The molecule has 1 atom stereocenters. The highest BCUT2D eigenvalue weighted by molar-refractivity contribution is 9.10. The standard InChI is InChI=1S/C17H18BrF2N/c1-3-21-17(13-9-12(18)8-7-11(13)2)10-14-15(19)5-4-6-16(14)20/h4-9,17,21H,3,10H2,1-2H3. The van der Waals surface area contributed by atoms with Crippen LogP contribution in [0.3, 0.4) is 0 Å².